The zero-order chi connectivity index (χ0) is 13.9. The van der Waals surface area contributed by atoms with Gasteiger partial charge in [0.05, 0.1) is 24.3 Å². The third kappa shape index (κ3) is 2.35. The highest BCUT2D eigenvalue weighted by Crippen LogP contribution is 2.30. The first-order chi connectivity index (χ1) is 9.75. The fourth-order valence-electron chi connectivity index (χ4n) is 2.26. The molecule has 7 heteroatoms. The van der Waals surface area contributed by atoms with Crippen LogP contribution in [0.3, 0.4) is 0 Å². The number of aromatic nitrogens is 1. The fourth-order valence-corrected chi connectivity index (χ4v) is 2.26. The van der Waals surface area contributed by atoms with Crippen LogP contribution in [0.25, 0.3) is 0 Å². The van der Waals surface area contributed by atoms with Crippen LogP contribution in [0, 0.1) is 10.1 Å². The Morgan fingerprint density at radius 2 is 2.30 bits per heavy atom. The molecular formula is C13H13N3O4. The van der Waals surface area contributed by atoms with E-state index >= 15 is 0 Å². The normalized spacial score (nSPS) is 19.0. The van der Waals surface area contributed by atoms with Crippen molar-refractivity contribution in [2.45, 2.75) is 6.10 Å². The van der Waals surface area contributed by atoms with E-state index < -0.39 is 4.92 Å². The Morgan fingerprint density at radius 1 is 1.40 bits per heavy atom. The molecule has 0 aromatic carbocycles. The predicted octanol–water partition coefficient (Wildman–Crippen LogP) is 2.16. The van der Waals surface area contributed by atoms with E-state index in [2.05, 4.69) is 4.98 Å². The van der Waals surface area contributed by atoms with Gasteiger partial charge in [0.1, 0.15) is 11.9 Å². The Labute approximate surface area is 114 Å². The van der Waals surface area contributed by atoms with Crippen molar-refractivity contribution in [2.24, 2.45) is 0 Å². The second-order valence-electron chi connectivity index (χ2n) is 4.42. The highest BCUT2D eigenvalue weighted by Gasteiger charge is 2.28. The van der Waals surface area contributed by atoms with Gasteiger partial charge in [-0.25, -0.2) is 4.98 Å². The summed E-state index contributed by atoms with van der Waals surface area (Å²) < 4.78 is 11.0. The van der Waals surface area contributed by atoms with Crippen LogP contribution in [0.4, 0.5) is 11.5 Å². The Bertz CT molecular complexity index is 599. The number of anilines is 1. The number of nitro groups is 1. The van der Waals surface area contributed by atoms with E-state index in [-0.39, 0.29) is 11.8 Å². The molecule has 0 radical (unpaired) electrons. The lowest BCUT2D eigenvalue weighted by Crippen LogP contribution is -2.39. The van der Waals surface area contributed by atoms with Gasteiger partial charge >= 0.3 is 5.69 Å². The van der Waals surface area contributed by atoms with Crippen LogP contribution >= 0.6 is 0 Å². The summed E-state index contributed by atoms with van der Waals surface area (Å²) in [7, 11) is 0. The molecule has 0 N–H and O–H groups in total. The van der Waals surface area contributed by atoms with Crippen LogP contribution in [-0.4, -0.2) is 29.6 Å². The molecule has 1 saturated heterocycles. The molecule has 1 atom stereocenters. The van der Waals surface area contributed by atoms with Crippen LogP contribution in [0.5, 0.6) is 0 Å². The van der Waals surface area contributed by atoms with E-state index in [1.807, 2.05) is 11.0 Å². The van der Waals surface area contributed by atoms with Gasteiger partial charge in [-0.3, -0.25) is 10.1 Å². The molecule has 0 bridgehead atoms. The minimum atomic E-state index is -0.417. The minimum Gasteiger partial charge on any atom is -0.467 e. The number of hydrogen-bond acceptors (Lipinski definition) is 6. The average Bonchev–Trinajstić information content (AvgIpc) is 3.01. The number of rotatable bonds is 3. The zero-order valence-corrected chi connectivity index (χ0v) is 10.6. The van der Waals surface area contributed by atoms with E-state index in [1.54, 1.807) is 24.6 Å². The summed E-state index contributed by atoms with van der Waals surface area (Å²) in [6, 6.07) is 6.65. The van der Waals surface area contributed by atoms with Gasteiger partial charge in [-0.15, -0.1) is 0 Å². The number of pyridine rings is 1. The number of ether oxygens (including phenoxy) is 1. The Hall–Kier alpha value is -2.41. The van der Waals surface area contributed by atoms with Crippen molar-refractivity contribution >= 4 is 11.5 Å². The standard InChI is InChI=1S/C13H13N3O4/c17-16(18)10-3-1-5-14-13(10)15-6-8-20-12(9-15)11-4-2-7-19-11/h1-5,7,12H,6,8-9H2. The van der Waals surface area contributed by atoms with Crippen molar-refractivity contribution in [3.63, 3.8) is 0 Å². The van der Waals surface area contributed by atoms with Gasteiger partial charge in [0.2, 0.25) is 5.82 Å². The van der Waals surface area contributed by atoms with Crippen molar-refractivity contribution in [3.05, 3.63) is 52.6 Å². The lowest BCUT2D eigenvalue weighted by Gasteiger charge is -2.32. The van der Waals surface area contributed by atoms with Gasteiger partial charge in [-0.2, -0.15) is 0 Å². The number of nitrogens with zero attached hydrogens (tertiary/aromatic N) is 3. The summed E-state index contributed by atoms with van der Waals surface area (Å²) in [5.74, 6) is 1.09. The molecule has 1 fully saturated rings. The molecule has 0 amide bonds. The van der Waals surface area contributed by atoms with E-state index in [4.69, 9.17) is 9.15 Å². The van der Waals surface area contributed by atoms with Gasteiger partial charge in [-0.05, 0) is 18.2 Å². The molecule has 20 heavy (non-hydrogen) atoms. The average molecular weight is 275 g/mol. The first-order valence-electron chi connectivity index (χ1n) is 6.25. The molecule has 1 unspecified atom stereocenters. The van der Waals surface area contributed by atoms with Crippen LogP contribution in [-0.2, 0) is 4.74 Å². The van der Waals surface area contributed by atoms with Crippen LogP contribution in [0.1, 0.15) is 11.9 Å². The van der Waals surface area contributed by atoms with E-state index in [0.29, 0.717) is 31.3 Å². The molecule has 0 spiro atoms. The second kappa shape index (κ2) is 5.30. The van der Waals surface area contributed by atoms with Crippen LogP contribution in [0.15, 0.2) is 41.1 Å². The van der Waals surface area contributed by atoms with Crippen molar-refractivity contribution < 1.29 is 14.1 Å². The number of furan rings is 1. The lowest BCUT2D eigenvalue weighted by molar-refractivity contribution is -0.384. The molecule has 3 rings (SSSR count). The van der Waals surface area contributed by atoms with Gasteiger partial charge in [0.15, 0.2) is 0 Å². The highest BCUT2D eigenvalue weighted by atomic mass is 16.6. The smallest absolute Gasteiger partial charge is 0.311 e. The molecule has 7 nitrogen and oxygen atoms in total. The Morgan fingerprint density at radius 3 is 3.05 bits per heavy atom. The maximum absolute atomic E-state index is 11.1. The molecular weight excluding hydrogens is 262 g/mol. The van der Waals surface area contributed by atoms with Crippen molar-refractivity contribution in [3.8, 4) is 0 Å². The van der Waals surface area contributed by atoms with Gasteiger partial charge in [0.25, 0.3) is 0 Å². The third-order valence-electron chi connectivity index (χ3n) is 3.19. The maximum Gasteiger partial charge on any atom is 0.311 e. The van der Waals surface area contributed by atoms with Crippen LogP contribution in [0.2, 0.25) is 0 Å². The lowest BCUT2D eigenvalue weighted by atomic mass is 10.2. The topological polar surface area (TPSA) is 81.6 Å². The molecule has 2 aromatic heterocycles. The van der Waals surface area contributed by atoms with Gasteiger partial charge in [0, 0.05) is 18.8 Å². The summed E-state index contributed by atoms with van der Waals surface area (Å²) in [4.78, 5) is 16.6. The minimum absolute atomic E-state index is 0.00703. The van der Waals surface area contributed by atoms with Crippen molar-refractivity contribution in [1.29, 1.82) is 0 Å². The van der Waals surface area contributed by atoms with E-state index in [9.17, 15) is 10.1 Å². The molecule has 1 aliphatic rings. The Balaban J connectivity index is 1.86. The molecule has 2 aromatic rings. The first-order valence-corrected chi connectivity index (χ1v) is 6.25. The molecule has 0 saturated carbocycles. The van der Waals surface area contributed by atoms with Gasteiger partial charge < -0.3 is 14.1 Å². The number of morpholine rings is 1. The summed E-state index contributed by atoms with van der Waals surface area (Å²) in [5.41, 5.74) is 0.00703. The molecule has 104 valence electrons. The summed E-state index contributed by atoms with van der Waals surface area (Å²) in [5, 5.41) is 11.1. The quantitative estimate of drug-likeness (QED) is 0.630. The molecule has 3 heterocycles. The summed E-state index contributed by atoms with van der Waals surface area (Å²) >= 11 is 0. The molecule has 1 aliphatic heterocycles. The van der Waals surface area contributed by atoms with Crippen molar-refractivity contribution in [1.82, 2.24) is 4.98 Å². The monoisotopic (exact) mass is 275 g/mol. The summed E-state index contributed by atoms with van der Waals surface area (Å²) in [6.45, 7) is 1.51. The SMILES string of the molecule is O=[N+]([O-])c1cccnc1N1CCOC(c2ccco2)C1. The maximum atomic E-state index is 11.1. The predicted molar refractivity (Wildman–Crippen MR) is 70.5 cm³/mol. The van der Waals surface area contributed by atoms with Gasteiger partial charge in [-0.1, -0.05) is 0 Å². The van der Waals surface area contributed by atoms with E-state index in [1.165, 1.54) is 6.07 Å². The zero-order valence-electron chi connectivity index (χ0n) is 10.6. The number of hydrogen-bond donors (Lipinski definition) is 0. The van der Waals surface area contributed by atoms with Crippen LogP contribution < -0.4 is 4.90 Å². The fraction of sp³-hybridized carbons (Fsp3) is 0.308. The summed E-state index contributed by atoms with van der Waals surface area (Å²) in [6.07, 6.45) is 2.90. The molecule has 0 aliphatic carbocycles. The van der Waals surface area contributed by atoms with Crippen molar-refractivity contribution in [2.75, 3.05) is 24.6 Å². The van der Waals surface area contributed by atoms with E-state index in [0.717, 1.165) is 0 Å². The second-order valence-corrected chi connectivity index (χ2v) is 4.42. The Kier molecular flexibility index (Phi) is 3.34. The first kappa shape index (κ1) is 12.6. The third-order valence-corrected chi connectivity index (χ3v) is 3.19. The largest absolute Gasteiger partial charge is 0.467 e. The highest BCUT2D eigenvalue weighted by molar-refractivity contribution is 5.57.